The molecule has 1 aliphatic rings. The summed E-state index contributed by atoms with van der Waals surface area (Å²) in [5, 5.41) is 9.51. The zero-order chi connectivity index (χ0) is 18.1. The lowest BCUT2D eigenvalue weighted by Crippen LogP contribution is -2.46. The molecule has 0 aliphatic carbocycles. The monoisotopic (exact) mass is 364 g/mol. The van der Waals surface area contributed by atoms with Crippen molar-refractivity contribution in [3.05, 3.63) is 46.6 Å². The lowest BCUT2D eigenvalue weighted by atomic mass is 10.1. The maximum Gasteiger partial charge on any atom is 0.147 e. The van der Waals surface area contributed by atoms with E-state index in [4.69, 9.17) is 0 Å². The molecule has 2 aromatic heterocycles. The van der Waals surface area contributed by atoms with Crippen LogP contribution < -0.4 is 4.90 Å². The standard InChI is InChI=1S/C19H20N6S/c1-13-10-14(2)21-19(16(13)11-20)25-8-6-24(7-9-25)12-15-4-3-5-17-18(15)23-26-22-17/h3-5,10H,6-9,12H2,1-2H3. The summed E-state index contributed by atoms with van der Waals surface area (Å²) < 4.78 is 8.76. The molecule has 1 aliphatic heterocycles. The zero-order valence-electron chi connectivity index (χ0n) is 14.9. The summed E-state index contributed by atoms with van der Waals surface area (Å²) in [6.45, 7) is 8.46. The first-order valence-electron chi connectivity index (χ1n) is 8.71. The van der Waals surface area contributed by atoms with Crippen LogP contribution in [0.5, 0.6) is 0 Å². The Morgan fingerprint density at radius 1 is 1.15 bits per heavy atom. The van der Waals surface area contributed by atoms with E-state index in [0.717, 1.165) is 60.8 Å². The normalized spacial score (nSPS) is 15.3. The zero-order valence-corrected chi connectivity index (χ0v) is 15.8. The Labute approximate surface area is 157 Å². The average molecular weight is 364 g/mol. The maximum absolute atomic E-state index is 9.51. The highest BCUT2D eigenvalue weighted by Gasteiger charge is 2.22. The van der Waals surface area contributed by atoms with Crippen molar-refractivity contribution in [1.29, 1.82) is 5.26 Å². The molecular weight excluding hydrogens is 344 g/mol. The molecule has 6 nitrogen and oxygen atoms in total. The van der Waals surface area contributed by atoms with Crippen LogP contribution in [0.3, 0.4) is 0 Å². The summed E-state index contributed by atoms with van der Waals surface area (Å²) >= 11 is 1.27. The van der Waals surface area contributed by atoms with E-state index in [1.165, 1.54) is 17.3 Å². The quantitative estimate of drug-likeness (QED) is 0.712. The van der Waals surface area contributed by atoms with Gasteiger partial charge in [-0.15, -0.1) is 0 Å². The van der Waals surface area contributed by atoms with E-state index in [1.807, 2.05) is 32.0 Å². The van der Waals surface area contributed by atoms with Crippen molar-refractivity contribution in [2.24, 2.45) is 0 Å². The molecule has 0 amide bonds. The molecular formula is C19H20N6S. The molecule has 132 valence electrons. The van der Waals surface area contributed by atoms with Gasteiger partial charge in [-0.25, -0.2) is 4.98 Å². The molecule has 0 spiro atoms. The van der Waals surface area contributed by atoms with E-state index in [1.54, 1.807) is 0 Å². The Kier molecular flexibility index (Phi) is 4.53. The van der Waals surface area contributed by atoms with Crippen LogP contribution in [-0.4, -0.2) is 44.8 Å². The van der Waals surface area contributed by atoms with E-state index >= 15 is 0 Å². The Morgan fingerprint density at radius 2 is 1.96 bits per heavy atom. The number of aromatic nitrogens is 3. The van der Waals surface area contributed by atoms with Crippen LogP contribution in [0.15, 0.2) is 24.3 Å². The Morgan fingerprint density at radius 3 is 2.73 bits per heavy atom. The van der Waals surface area contributed by atoms with Crippen molar-refractivity contribution in [2.75, 3.05) is 31.1 Å². The molecule has 26 heavy (non-hydrogen) atoms. The van der Waals surface area contributed by atoms with Gasteiger partial charge in [-0.1, -0.05) is 12.1 Å². The fourth-order valence-electron chi connectivity index (χ4n) is 3.53. The number of hydrogen-bond donors (Lipinski definition) is 0. The predicted octanol–water partition coefficient (Wildman–Crippen LogP) is 2.90. The topological polar surface area (TPSA) is 68.9 Å². The third-order valence-corrected chi connectivity index (χ3v) is 5.42. The number of piperazine rings is 1. The van der Waals surface area contributed by atoms with Crippen molar-refractivity contribution >= 4 is 28.6 Å². The molecule has 0 N–H and O–H groups in total. The minimum atomic E-state index is 0.697. The molecule has 0 unspecified atom stereocenters. The number of aryl methyl sites for hydroxylation is 2. The lowest BCUT2D eigenvalue weighted by molar-refractivity contribution is 0.250. The van der Waals surface area contributed by atoms with Crippen LogP contribution in [0, 0.1) is 25.2 Å². The fourth-order valence-corrected chi connectivity index (χ4v) is 4.10. The number of pyridine rings is 1. The van der Waals surface area contributed by atoms with E-state index in [2.05, 4.69) is 35.7 Å². The van der Waals surface area contributed by atoms with Crippen LogP contribution in [0.25, 0.3) is 11.0 Å². The summed E-state index contributed by atoms with van der Waals surface area (Å²) in [6, 6.07) is 10.5. The molecule has 0 atom stereocenters. The third-order valence-electron chi connectivity index (χ3n) is 4.87. The van der Waals surface area contributed by atoms with Gasteiger partial charge in [0.15, 0.2) is 0 Å². The van der Waals surface area contributed by atoms with Gasteiger partial charge in [-0.3, -0.25) is 4.90 Å². The predicted molar refractivity (Wildman–Crippen MR) is 103 cm³/mol. The Hall–Kier alpha value is -2.56. The molecule has 0 saturated carbocycles. The van der Waals surface area contributed by atoms with Gasteiger partial charge < -0.3 is 4.90 Å². The SMILES string of the molecule is Cc1cc(C)c(C#N)c(N2CCN(Cc3cccc4nsnc34)CC2)n1. The van der Waals surface area contributed by atoms with E-state index in [0.29, 0.717) is 5.56 Å². The molecule has 1 fully saturated rings. The molecule has 3 heterocycles. The van der Waals surface area contributed by atoms with Gasteiger partial charge in [0, 0.05) is 38.4 Å². The second-order valence-electron chi connectivity index (χ2n) is 6.70. The summed E-state index contributed by atoms with van der Waals surface area (Å²) in [5.74, 6) is 0.829. The number of fused-ring (bicyclic) bond motifs is 1. The van der Waals surface area contributed by atoms with Crippen molar-refractivity contribution in [3.8, 4) is 6.07 Å². The van der Waals surface area contributed by atoms with Crippen LogP contribution in [0.1, 0.15) is 22.4 Å². The highest BCUT2D eigenvalue weighted by atomic mass is 32.1. The highest BCUT2D eigenvalue weighted by Crippen LogP contribution is 2.24. The van der Waals surface area contributed by atoms with Crippen molar-refractivity contribution in [1.82, 2.24) is 18.6 Å². The van der Waals surface area contributed by atoms with Gasteiger partial charge in [-0.05, 0) is 37.1 Å². The number of hydrogen-bond acceptors (Lipinski definition) is 7. The van der Waals surface area contributed by atoms with Crippen molar-refractivity contribution < 1.29 is 0 Å². The average Bonchev–Trinajstić information content (AvgIpc) is 3.12. The summed E-state index contributed by atoms with van der Waals surface area (Å²) in [6.07, 6.45) is 0. The van der Waals surface area contributed by atoms with Crippen molar-refractivity contribution in [3.63, 3.8) is 0 Å². The second kappa shape index (κ2) is 6.98. The number of nitriles is 1. The molecule has 0 bridgehead atoms. The van der Waals surface area contributed by atoms with E-state index < -0.39 is 0 Å². The summed E-state index contributed by atoms with van der Waals surface area (Å²) in [5.41, 5.74) is 5.88. The summed E-state index contributed by atoms with van der Waals surface area (Å²) in [4.78, 5) is 9.31. The maximum atomic E-state index is 9.51. The number of anilines is 1. The molecule has 4 rings (SSSR count). The van der Waals surface area contributed by atoms with Gasteiger partial charge >= 0.3 is 0 Å². The van der Waals surface area contributed by atoms with Gasteiger partial charge in [0.1, 0.15) is 22.9 Å². The van der Waals surface area contributed by atoms with Gasteiger partial charge in [-0.2, -0.15) is 14.0 Å². The molecule has 0 radical (unpaired) electrons. The van der Waals surface area contributed by atoms with Crippen LogP contribution in [0.4, 0.5) is 5.82 Å². The first kappa shape index (κ1) is 16.9. The largest absolute Gasteiger partial charge is 0.353 e. The van der Waals surface area contributed by atoms with Crippen LogP contribution in [-0.2, 0) is 6.54 Å². The lowest BCUT2D eigenvalue weighted by Gasteiger charge is -2.36. The van der Waals surface area contributed by atoms with E-state index in [-0.39, 0.29) is 0 Å². The van der Waals surface area contributed by atoms with Gasteiger partial charge in [0.25, 0.3) is 0 Å². The Bertz CT molecular complexity index is 981. The van der Waals surface area contributed by atoms with Gasteiger partial charge in [0.2, 0.25) is 0 Å². The van der Waals surface area contributed by atoms with Gasteiger partial charge in [0.05, 0.1) is 17.3 Å². The first-order chi connectivity index (χ1) is 12.7. The van der Waals surface area contributed by atoms with E-state index in [9.17, 15) is 5.26 Å². The van der Waals surface area contributed by atoms with Crippen molar-refractivity contribution in [2.45, 2.75) is 20.4 Å². The molecule has 1 saturated heterocycles. The fraction of sp³-hybridized carbons (Fsp3) is 0.368. The highest BCUT2D eigenvalue weighted by molar-refractivity contribution is 7.00. The van der Waals surface area contributed by atoms with Crippen LogP contribution >= 0.6 is 11.7 Å². The molecule has 7 heteroatoms. The first-order valence-corrected chi connectivity index (χ1v) is 9.44. The number of benzene rings is 1. The van der Waals surface area contributed by atoms with Crippen LogP contribution in [0.2, 0.25) is 0 Å². The number of nitrogens with zero attached hydrogens (tertiary/aromatic N) is 6. The second-order valence-corrected chi connectivity index (χ2v) is 7.23. The molecule has 3 aromatic rings. The number of rotatable bonds is 3. The Balaban J connectivity index is 1.48. The minimum absolute atomic E-state index is 0.697. The summed E-state index contributed by atoms with van der Waals surface area (Å²) in [7, 11) is 0. The minimum Gasteiger partial charge on any atom is -0.353 e. The molecule has 1 aromatic carbocycles. The smallest absolute Gasteiger partial charge is 0.147 e. The third kappa shape index (κ3) is 3.14.